The number of ether oxygens (including phenoxy) is 4. The Balaban J connectivity index is 1.32. The lowest BCUT2D eigenvalue weighted by Crippen LogP contribution is -2.34. The number of halogens is 1. The van der Waals surface area contributed by atoms with E-state index in [2.05, 4.69) is 63.3 Å². The maximum absolute atomic E-state index is 15.1. The minimum atomic E-state index is -1.25. The van der Waals surface area contributed by atoms with Crippen LogP contribution >= 0.6 is 22.7 Å². The molecule has 0 aliphatic carbocycles. The molecule has 5 rings (SSSR count). The monoisotopic (exact) mass is 932 g/mol. The first-order valence-corrected chi connectivity index (χ1v) is 26.6. The van der Waals surface area contributed by atoms with Crippen molar-refractivity contribution in [1.82, 2.24) is 29.5 Å². The van der Waals surface area contributed by atoms with E-state index in [0.717, 1.165) is 39.6 Å². The molecule has 64 heavy (non-hydrogen) atoms. The van der Waals surface area contributed by atoms with Gasteiger partial charge in [-0.2, -0.15) is 4.99 Å². The van der Waals surface area contributed by atoms with E-state index in [1.807, 2.05) is 44.1 Å². The van der Waals surface area contributed by atoms with E-state index >= 15 is 4.39 Å². The van der Waals surface area contributed by atoms with Gasteiger partial charge < -0.3 is 33.6 Å². The molecule has 3 aromatic heterocycles. The van der Waals surface area contributed by atoms with E-state index in [-0.39, 0.29) is 24.6 Å². The highest BCUT2D eigenvalue weighted by molar-refractivity contribution is 7.16. The number of fused-ring (bicyclic) bond motifs is 1. The highest BCUT2D eigenvalue weighted by atomic mass is 32.1. The number of carbonyl (C=O) groups excluding carboxylic acids is 2. The molecule has 2 aromatic carbocycles. The minimum Gasteiger partial charge on any atom is -0.491 e. The number of aryl methyl sites for hydroxylation is 2. The van der Waals surface area contributed by atoms with Crippen molar-refractivity contribution in [3.8, 4) is 17.6 Å². The molecule has 0 atom stereocenters. The SMILES string of the molecule is COC(=O)c1nc(N(CCCN(C)C)c2cc(C)c(N=c3sc4ccccc4n3COCC[Si](C)(C)C)nn2)sc1CCCOc1ccc(C#CCN(C)C(=O)OC(C)(C)C)cc1F. The third-order valence-electron chi connectivity index (χ3n) is 9.50. The summed E-state index contributed by atoms with van der Waals surface area (Å²) in [6.07, 6.45) is 1.20. The molecule has 0 spiro atoms. The predicted octanol–water partition coefficient (Wildman–Crippen LogP) is 9.05. The normalized spacial score (nSPS) is 12.0. The molecule has 0 saturated heterocycles. The van der Waals surface area contributed by atoms with Gasteiger partial charge in [-0.25, -0.2) is 19.0 Å². The Morgan fingerprint density at radius 2 is 1.75 bits per heavy atom. The van der Waals surface area contributed by atoms with Crippen molar-refractivity contribution in [2.45, 2.75) is 85.0 Å². The summed E-state index contributed by atoms with van der Waals surface area (Å²) in [4.78, 5) is 42.0. The van der Waals surface area contributed by atoms with Crippen LogP contribution in [0.1, 0.15) is 60.1 Å². The van der Waals surface area contributed by atoms with Crippen LogP contribution in [0.5, 0.6) is 5.75 Å². The van der Waals surface area contributed by atoms with Crippen LogP contribution in [0.25, 0.3) is 10.2 Å². The van der Waals surface area contributed by atoms with Gasteiger partial charge in [-0.1, -0.05) is 55.0 Å². The molecule has 18 heteroatoms. The van der Waals surface area contributed by atoms with Gasteiger partial charge in [-0.3, -0.25) is 4.57 Å². The van der Waals surface area contributed by atoms with Crippen LogP contribution in [0.2, 0.25) is 25.7 Å². The van der Waals surface area contributed by atoms with Crippen LogP contribution < -0.4 is 14.4 Å². The van der Waals surface area contributed by atoms with E-state index < -0.39 is 31.6 Å². The molecule has 0 unspecified atom stereocenters. The number of para-hydroxylation sites is 1. The van der Waals surface area contributed by atoms with Crippen molar-refractivity contribution in [3.05, 3.63) is 80.8 Å². The summed E-state index contributed by atoms with van der Waals surface area (Å²) < 4.78 is 40.7. The minimum absolute atomic E-state index is 0.0822. The number of amides is 1. The fraction of sp³-hybridized carbons (Fsp3) is 0.478. The molecule has 0 aliphatic heterocycles. The molecule has 0 bridgehead atoms. The molecular formula is C46H61FN8O6S2Si. The van der Waals surface area contributed by atoms with E-state index in [0.29, 0.717) is 59.9 Å². The molecule has 0 aliphatic rings. The maximum atomic E-state index is 15.1. The third kappa shape index (κ3) is 14.7. The van der Waals surface area contributed by atoms with Gasteiger partial charge in [0, 0.05) is 38.7 Å². The van der Waals surface area contributed by atoms with Crippen molar-refractivity contribution in [2.75, 3.05) is 66.0 Å². The van der Waals surface area contributed by atoms with Crippen molar-refractivity contribution in [1.29, 1.82) is 0 Å². The molecular weight excluding hydrogens is 872 g/mol. The average Bonchev–Trinajstić information content (AvgIpc) is 3.80. The van der Waals surface area contributed by atoms with Crippen molar-refractivity contribution in [2.24, 2.45) is 4.99 Å². The Labute approximate surface area is 385 Å². The molecule has 344 valence electrons. The number of nitrogens with zero attached hydrogens (tertiary/aromatic N) is 8. The molecule has 0 fully saturated rings. The van der Waals surface area contributed by atoms with E-state index in [1.165, 1.54) is 35.5 Å². The first-order valence-electron chi connectivity index (χ1n) is 21.2. The summed E-state index contributed by atoms with van der Waals surface area (Å²) in [5.41, 5.74) is 1.91. The van der Waals surface area contributed by atoms with Gasteiger partial charge in [0.15, 0.2) is 38.8 Å². The van der Waals surface area contributed by atoms with Gasteiger partial charge in [0.25, 0.3) is 0 Å². The molecule has 0 N–H and O–H groups in total. The van der Waals surface area contributed by atoms with Gasteiger partial charge >= 0.3 is 12.1 Å². The Morgan fingerprint density at radius 3 is 2.44 bits per heavy atom. The number of anilines is 2. The number of methoxy groups -OCH3 is 1. The van der Waals surface area contributed by atoms with Crippen molar-refractivity contribution >= 4 is 69.8 Å². The van der Waals surface area contributed by atoms with Crippen LogP contribution in [0.3, 0.4) is 0 Å². The third-order valence-corrected chi connectivity index (χ3v) is 13.4. The Kier molecular flexibility index (Phi) is 17.6. The summed E-state index contributed by atoms with van der Waals surface area (Å²) in [5.74, 6) is 5.80. The van der Waals surface area contributed by atoms with Gasteiger partial charge in [-0.05, 0) is 116 Å². The summed E-state index contributed by atoms with van der Waals surface area (Å²) in [6.45, 7) is 17.1. The average molecular weight is 933 g/mol. The quantitative estimate of drug-likeness (QED) is 0.0340. The fourth-order valence-electron chi connectivity index (χ4n) is 6.07. The molecule has 0 saturated carbocycles. The number of esters is 1. The Morgan fingerprint density at radius 1 is 0.984 bits per heavy atom. The van der Waals surface area contributed by atoms with Crippen molar-refractivity contribution in [3.63, 3.8) is 0 Å². The highest BCUT2D eigenvalue weighted by Crippen LogP contribution is 2.34. The smallest absolute Gasteiger partial charge is 0.410 e. The number of benzene rings is 2. The fourth-order valence-corrected chi connectivity index (χ4v) is 8.97. The zero-order valence-electron chi connectivity index (χ0n) is 38.9. The molecule has 3 heterocycles. The number of carbonyl (C=O) groups is 2. The number of hydrogen-bond acceptors (Lipinski definition) is 14. The number of thiazole rings is 2. The maximum Gasteiger partial charge on any atom is 0.410 e. The lowest BCUT2D eigenvalue weighted by atomic mass is 10.2. The van der Waals surface area contributed by atoms with Crippen LogP contribution in [-0.2, 0) is 27.4 Å². The van der Waals surface area contributed by atoms with E-state index in [9.17, 15) is 9.59 Å². The zero-order valence-corrected chi connectivity index (χ0v) is 41.5. The van der Waals surface area contributed by atoms with Crippen LogP contribution in [0.15, 0.2) is 53.5 Å². The van der Waals surface area contributed by atoms with Crippen LogP contribution in [-0.4, -0.2) is 116 Å². The lowest BCUT2D eigenvalue weighted by molar-refractivity contribution is 0.0320. The predicted molar refractivity (Wildman–Crippen MR) is 256 cm³/mol. The van der Waals surface area contributed by atoms with Crippen LogP contribution in [0.4, 0.5) is 26.0 Å². The molecule has 0 radical (unpaired) electrons. The highest BCUT2D eigenvalue weighted by Gasteiger charge is 2.25. The topological polar surface area (TPSA) is 137 Å². The number of aromatic nitrogens is 4. The van der Waals surface area contributed by atoms with Gasteiger partial charge in [0.2, 0.25) is 0 Å². The molecule has 14 nitrogen and oxygen atoms in total. The second-order valence-corrected chi connectivity index (χ2v) is 25.4. The standard InChI is InChI=1S/C46H61FN8O6S2Si/c1-32-29-39(50-51-41(32)49-44-55(31-59-27-28-64(9,10)11)35-18-12-13-19-37(35)62-44)54(25-16-23-52(5)6)43-48-40(42(56)58-8)38(63-43)20-15-26-60-36-22-21-33(30-34(36)47)17-14-24-53(7)45(57)61-46(2,3)4/h12-13,18-19,21-22,29-30H,15-16,20,23-28,31H2,1-11H3. The lowest BCUT2D eigenvalue weighted by Gasteiger charge is -2.23. The van der Waals surface area contributed by atoms with Gasteiger partial charge in [0.05, 0.1) is 30.5 Å². The number of hydrogen-bond donors (Lipinski definition) is 0. The van der Waals surface area contributed by atoms with Crippen LogP contribution in [0, 0.1) is 24.6 Å². The summed E-state index contributed by atoms with van der Waals surface area (Å²) in [6, 6.07) is 15.7. The molecule has 1 amide bonds. The van der Waals surface area contributed by atoms with E-state index in [1.54, 1.807) is 45.2 Å². The first kappa shape index (κ1) is 49.8. The Bertz CT molecular complexity index is 2520. The van der Waals surface area contributed by atoms with Gasteiger partial charge in [0.1, 0.15) is 12.3 Å². The van der Waals surface area contributed by atoms with Gasteiger partial charge in [-0.15, -0.1) is 21.5 Å². The summed E-state index contributed by atoms with van der Waals surface area (Å²) in [7, 11) is 5.71. The van der Waals surface area contributed by atoms with E-state index in [4.69, 9.17) is 28.9 Å². The first-order chi connectivity index (χ1) is 30.3. The summed E-state index contributed by atoms with van der Waals surface area (Å²) >= 11 is 2.96. The zero-order chi connectivity index (χ0) is 46.6. The molecule has 5 aromatic rings. The largest absolute Gasteiger partial charge is 0.491 e. The second-order valence-electron chi connectivity index (χ2n) is 17.8. The summed E-state index contributed by atoms with van der Waals surface area (Å²) in [5, 5.41) is 9.87. The second kappa shape index (κ2) is 22.6. The van der Waals surface area contributed by atoms with Crippen molar-refractivity contribution < 1.29 is 32.9 Å². The Hall–Kier alpha value is -5.19. The number of rotatable bonds is 19.